The summed E-state index contributed by atoms with van der Waals surface area (Å²) in [4.78, 5) is 17.2. The SMILES string of the molecule is O=C(C1CN(Cc2ccccc2)CCO1)N1CC2CCC1C2. The number of benzene rings is 1. The monoisotopic (exact) mass is 300 g/mol. The summed E-state index contributed by atoms with van der Waals surface area (Å²) in [5.41, 5.74) is 1.30. The fourth-order valence-corrected chi connectivity index (χ4v) is 4.22. The maximum Gasteiger partial charge on any atom is 0.253 e. The van der Waals surface area contributed by atoms with Gasteiger partial charge in [-0.3, -0.25) is 9.69 Å². The normalized spacial score (nSPS) is 31.6. The Kier molecular flexibility index (Phi) is 3.89. The van der Waals surface area contributed by atoms with Gasteiger partial charge >= 0.3 is 0 Å². The molecule has 118 valence electrons. The molecule has 2 aliphatic heterocycles. The van der Waals surface area contributed by atoms with Crippen molar-refractivity contribution in [2.75, 3.05) is 26.2 Å². The van der Waals surface area contributed by atoms with Crippen molar-refractivity contribution >= 4 is 5.91 Å². The van der Waals surface area contributed by atoms with Crippen LogP contribution in [-0.4, -0.2) is 54.1 Å². The molecule has 1 amide bonds. The van der Waals surface area contributed by atoms with Crippen molar-refractivity contribution in [1.82, 2.24) is 9.80 Å². The van der Waals surface area contributed by atoms with Crippen molar-refractivity contribution in [3.05, 3.63) is 35.9 Å². The summed E-state index contributed by atoms with van der Waals surface area (Å²) in [7, 11) is 0. The van der Waals surface area contributed by atoms with E-state index < -0.39 is 0 Å². The molecular formula is C18H24N2O2. The van der Waals surface area contributed by atoms with Gasteiger partial charge in [0.25, 0.3) is 5.91 Å². The summed E-state index contributed by atoms with van der Waals surface area (Å²) in [5.74, 6) is 0.975. The van der Waals surface area contributed by atoms with Crippen LogP contribution in [0.4, 0.5) is 0 Å². The van der Waals surface area contributed by atoms with E-state index >= 15 is 0 Å². The van der Waals surface area contributed by atoms with Crippen LogP contribution in [0, 0.1) is 5.92 Å². The summed E-state index contributed by atoms with van der Waals surface area (Å²) in [5, 5.41) is 0. The zero-order valence-electron chi connectivity index (χ0n) is 13.0. The van der Waals surface area contributed by atoms with Gasteiger partial charge in [-0.25, -0.2) is 0 Å². The minimum atomic E-state index is -0.267. The highest BCUT2D eigenvalue weighted by Gasteiger charge is 2.43. The summed E-state index contributed by atoms with van der Waals surface area (Å²) in [6.45, 7) is 4.15. The molecule has 1 aromatic carbocycles. The van der Waals surface area contributed by atoms with Gasteiger partial charge in [-0.1, -0.05) is 30.3 Å². The van der Waals surface area contributed by atoms with Crippen LogP contribution >= 0.6 is 0 Å². The number of hydrogen-bond donors (Lipinski definition) is 0. The quantitative estimate of drug-likeness (QED) is 0.855. The second-order valence-electron chi connectivity index (χ2n) is 6.90. The fourth-order valence-electron chi connectivity index (χ4n) is 4.22. The van der Waals surface area contributed by atoms with Crippen LogP contribution in [0.2, 0.25) is 0 Å². The number of amides is 1. The first-order valence-corrected chi connectivity index (χ1v) is 8.48. The van der Waals surface area contributed by atoms with Crippen molar-refractivity contribution in [3.8, 4) is 0 Å². The molecule has 3 aliphatic rings. The minimum Gasteiger partial charge on any atom is -0.366 e. The number of ether oxygens (including phenoxy) is 1. The average Bonchev–Trinajstić information content (AvgIpc) is 3.18. The number of morpholine rings is 1. The van der Waals surface area contributed by atoms with Gasteiger partial charge in [-0.2, -0.15) is 0 Å². The highest BCUT2D eigenvalue weighted by atomic mass is 16.5. The van der Waals surface area contributed by atoms with Crippen molar-refractivity contribution in [3.63, 3.8) is 0 Å². The molecule has 2 heterocycles. The highest BCUT2D eigenvalue weighted by Crippen LogP contribution is 2.37. The molecule has 3 atom stereocenters. The molecule has 2 saturated heterocycles. The second kappa shape index (κ2) is 6.01. The number of nitrogens with zero attached hydrogens (tertiary/aromatic N) is 2. The molecule has 1 saturated carbocycles. The first kappa shape index (κ1) is 14.2. The third kappa shape index (κ3) is 2.77. The predicted octanol–water partition coefficient (Wildman–Crippen LogP) is 1.90. The smallest absolute Gasteiger partial charge is 0.253 e. The maximum absolute atomic E-state index is 12.8. The lowest BCUT2D eigenvalue weighted by Crippen LogP contribution is -2.52. The fraction of sp³-hybridized carbons (Fsp3) is 0.611. The lowest BCUT2D eigenvalue weighted by atomic mass is 10.1. The largest absolute Gasteiger partial charge is 0.366 e. The molecular weight excluding hydrogens is 276 g/mol. The summed E-state index contributed by atoms with van der Waals surface area (Å²) in [6.07, 6.45) is 3.44. The van der Waals surface area contributed by atoms with E-state index in [4.69, 9.17) is 4.74 Å². The third-order valence-electron chi connectivity index (χ3n) is 5.37. The van der Waals surface area contributed by atoms with Crippen LogP contribution in [0.1, 0.15) is 24.8 Å². The van der Waals surface area contributed by atoms with Crippen LogP contribution < -0.4 is 0 Å². The molecule has 2 bridgehead atoms. The molecule has 3 unspecified atom stereocenters. The highest BCUT2D eigenvalue weighted by molar-refractivity contribution is 5.82. The number of likely N-dealkylation sites (tertiary alicyclic amines) is 1. The van der Waals surface area contributed by atoms with Gasteiger partial charge in [0, 0.05) is 32.2 Å². The van der Waals surface area contributed by atoms with Crippen LogP contribution in [0.25, 0.3) is 0 Å². The Morgan fingerprint density at radius 3 is 2.77 bits per heavy atom. The molecule has 22 heavy (non-hydrogen) atoms. The van der Waals surface area contributed by atoms with Gasteiger partial charge in [0.1, 0.15) is 6.10 Å². The summed E-state index contributed by atoms with van der Waals surface area (Å²) in [6, 6.07) is 11.0. The molecule has 4 nitrogen and oxygen atoms in total. The van der Waals surface area contributed by atoms with Crippen molar-refractivity contribution in [2.24, 2.45) is 5.92 Å². The molecule has 4 heteroatoms. The summed E-state index contributed by atoms with van der Waals surface area (Å²) < 4.78 is 5.79. The van der Waals surface area contributed by atoms with Gasteiger partial charge in [0.15, 0.2) is 0 Å². The maximum atomic E-state index is 12.8. The van der Waals surface area contributed by atoms with Gasteiger partial charge in [0.2, 0.25) is 0 Å². The van der Waals surface area contributed by atoms with E-state index in [1.807, 2.05) is 6.07 Å². The number of piperidine rings is 1. The Labute approximate surface area is 132 Å². The van der Waals surface area contributed by atoms with E-state index in [9.17, 15) is 4.79 Å². The Morgan fingerprint density at radius 2 is 2.05 bits per heavy atom. The lowest BCUT2D eigenvalue weighted by Gasteiger charge is -2.36. The van der Waals surface area contributed by atoms with E-state index in [2.05, 4.69) is 34.1 Å². The molecule has 1 aromatic rings. The molecule has 0 radical (unpaired) electrons. The Hall–Kier alpha value is -1.39. The van der Waals surface area contributed by atoms with Gasteiger partial charge in [0.05, 0.1) is 6.61 Å². The van der Waals surface area contributed by atoms with Gasteiger partial charge in [-0.05, 0) is 30.7 Å². The molecule has 0 spiro atoms. The molecule has 0 aromatic heterocycles. The standard InChI is InChI=1S/C18H24N2O2/c21-18(20-12-15-6-7-16(20)10-15)17-13-19(8-9-22-17)11-14-4-2-1-3-5-14/h1-5,15-17H,6-13H2. The Balaban J connectivity index is 1.37. The van der Waals surface area contributed by atoms with E-state index in [0.29, 0.717) is 12.6 Å². The van der Waals surface area contributed by atoms with Crippen molar-refractivity contribution < 1.29 is 9.53 Å². The number of carbonyl (C=O) groups excluding carboxylic acids is 1. The van der Waals surface area contributed by atoms with Gasteiger partial charge in [-0.15, -0.1) is 0 Å². The number of hydrogen-bond acceptors (Lipinski definition) is 3. The predicted molar refractivity (Wildman–Crippen MR) is 84.3 cm³/mol. The number of fused-ring (bicyclic) bond motifs is 2. The van der Waals surface area contributed by atoms with Crippen LogP contribution in [0.3, 0.4) is 0 Å². The number of rotatable bonds is 3. The topological polar surface area (TPSA) is 32.8 Å². The Morgan fingerprint density at radius 1 is 1.18 bits per heavy atom. The second-order valence-corrected chi connectivity index (χ2v) is 6.90. The lowest BCUT2D eigenvalue weighted by molar-refractivity contribution is -0.151. The minimum absolute atomic E-state index is 0.227. The van der Waals surface area contributed by atoms with Crippen LogP contribution in [-0.2, 0) is 16.1 Å². The molecule has 1 aliphatic carbocycles. The van der Waals surface area contributed by atoms with Crippen LogP contribution in [0.5, 0.6) is 0 Å². The average molecular weight is 300 g/mol. The molecule has 4 rings (SSSR count). The van der Waals surface area contributed by atoms with Crippen molar-refractivity contribution in [2.45, 2.75) is 38.0 Å². The van der Waals surface area contributed by atoms with E-state index in [0.717, 1.165) is 32.1 Å². The number of carbonyl (C=O) groups is 1. The van der Waals surface area contributed by atoms with E-state index in [1.54, 1.807) is 0 Å². The van der Waals surface area contributed by atoms with Crippen LogP contribution in [0.15, 0.2) is 30.3 Å². The van der Waals surface area contributed by atoms with E-state index in [1.165, 1.54) is 24.8 Å². The Bertz CT molecular complexity index is 533. The molecule has 3 fully saturated rings. The third-order valence-corrected chi connectivity index (χ3v) is 5.37. The first-order chi connectivity index (χ1) is 10.8. The van der Waals surface area contributed by atoms with Gasteiger partial charge < -0.3 is 9.64 Å². The van der Waals surface area contributed by atoms with E-state index in [-0.39, 0.29) is 12.0 Å². The zero-order chi connectivity index (χ0) is 14.9. The first-order valence-electron chi connectivity index (χ1n) is 8.48. The molecule has 0 N–H and O–H groups in total. The summed E-state index contributed by atoms with van der Waals surface area (Å²) >= 11 is 0. The zero-order valence-corrected chi connectivity index (χ0v) is 13.0. The van der Waals surface area contributed by atoms with Crippen molar-refractivity contribution in [1.29, 1.82) is 0 Å².